The molecule has 0 saturated carbocycles. The lowest BCUT2D eigenvalue weighted by atomic mass is 9.79. The Bertz CT molecular complexity index is 1040. The van der Waals surface area contributed by atoms with Crippen molar-refractivity contribution in [1.29, 1.82) is 0 Å². The van der Waals surface area contributed by atoms with Crippen LogP contribution in [0.4, 0.5) is 0 Å². The maximum atomic E-state index is 10.6. The first-order valence-electron chi connectivity index (χ1n) is 12.8. The number of fused-ring (bicyclic) bond motifs is 1. The van der Waals surface area contributed by atoms with Gasteiger partial charge in [0.15, 0.2) is 12.2 Å². The molecule has 1 aromatic carbocycles. The van der Waals surface area contributed by atoms with Crippen molar-refractivity contribution in [2.75, 3.05) is 19.6 Å². The van der Waals surface area contributed by atoms with Gasteiger partial charge in [-0.1, -0.05) is 37.3 Å². The maximum Gasteiger partial charge on any atom is 0.335 e. The van der Waals surface area contributed by atoms with Crippen LogP contribution in [-0.2, 0) is 16.0 Å². The van der Waals surface area contributed by atoms with Crippen molar-refractivity contribution >= 4 is 11.9 Å². The third-order valence-corrected chi connectivity index (χ3v) is 7.52. The van der Waals surface area contributed by atoms with E-state index in [1.165, 1.54) is 29.7 Å². The number of aliphatic hydroxyl groups excluding tert-OH is 3. The molecule has 0 amide bonds. The first-order valence-corrected chi connectivity index (χ1v) is 12.8. The van der Waals surface area contributed by atoms with E-state index in [2.05, 4.69) is 54.1 Å². The summed E-state index contributed by atoms with van der Waals surface area (Å²) in [5, 5.41) is 43.2. The number of piperidine rings is 1. The van der Waals surface area contributed by atoms with Gasteiger partial charge in [0.25, 0.3) is 0 Å². The number of rotatable bonds is 6. The van der Waals surface area contributed by atoms with E-state index in [0.717, 1.165) is 38.0 Å². The average Bonchev–Trinajstić information content (AvgIpc) is 3.02. The number of aliphatic carboxylic acids is 2. The lowest BCUT2D eigenvalue weighted by molar-refractivity contribution is -0.165. The molecule has 1 aliphatic heterocycles. The zero-order valence-electron chi connectivity index (χ0n) is 21.4. The summed E-state index contributed by atoms with van der Waals surface area (Å²) in [6.45, 7) is 8.09. The minimum absolute atomic E-state index is 0.407. The molecule has 0 radical (unpaired) electrons. The van der Waals surface area contributed by atoms with Crippen molar-refractivity contribution in [3.8, 4) is 0 Å². The van der Waals surface area contributed by atoms with Crippen LogP contribution in [0.2, 0.25) is 0 Å². The third-order valence-electron chi connectivity index (χ3n) is 7.52. The van der Waals surface area contributed by atoms with Gasteiger partial charge in [-0.25, -0.2) is 9.59 Å². The van der Waals surface area contributed by atoms with E-state index in [9.17, 15) is 14.7 Å². The van der Waals surface area contributed by atoms with Gasteiger partial charge in [-0.3, -0.25) is 4.98 Å². The Kier molecular flexibility index (Phi) is 10.2. The van der Waals surface area contributed by atoms with E-state index in [1.807, 2.05) is 6.07 Å². The Morgan fingerprint density at radius 1 is 1.05 bits per heavy atom. The number of benzene rings is 1. The lowest BCUT2D eigenvalue weighted by Crippen LogP contribution is -2.41. The van der Waals surface area contributed by atoms with Crippen molar-refractivity contribution in [3.63, 3.8) is 0 Å². The van der Waals surface area contributed by atoms with Gasteiger partial charge in [-0.2, -0.15) is 0 Å². The van der Waals surface area contributed by atoms with Crippen molar-refractivity contribution in [2.45, 2.75) is 63.8 Å². The van der Waals surface area contributed by atoms with Gasteiger partial charge in [-0.05, 0) is 79.7 Å². The smallest absolute Gasteiger partial charge is 0.335 e. The summed E-state index contributed by atoms with van der Waals surface area (Å²) in [5.41, 5.74) is 5.11. The molecule has 4 rings (SSSR count). The molecular formula is C28H38N2O7. The molecule has 5 N–H and O–H groups in total. The number of carboxylic acid groups (broad SMARTS) is 2. The minimum Gasteiger partial charge on any atom is -0.479 e. The van der Waals surface area contributed by atoms with Crippen LogP contribution in [0, 0.1) is 18.8 Å². The molecule has 9 heteroatoms. The van der Waals surface area contributed by atoms with E-state index in [1.54, 1.807) is 6.20 Å². The van der Waals surface area contributed by atoms with Gasteiger partial charge in [0.1, 0.15) is 0 Å². The van der Waals surface area contributed by atoms with Gasteiger partial charge in [0.05, 0.1) is 11.8 Å². The number of nitrogens with zero attached hydrogens (tertiary/aromatic N) is 2. The number of hydrogen-bond donors (Lipinski definition) is 5. The van der Waals surface area contributed by atoms with E-state index in [-0.39, 0.29) is 0 Å². The summed E-state index contributed by atoms with van der Waals surface area (Å²) in [6, 6.07) is 13.0. The van der Waals surface area contributed by atoms with Gasteiger partial charge in [0, 0.05) is 19.3 Å². The summed E-state index contributed by atoms with van der Waals surface area (Å²) >= 11 is 0. The van der Waals surface area contributed by atoms with Crippen molar-refractivity contribution in [1.82, 2.24) is 9.88 Å². The zero-order chi connectivity index (χ0) is 27.1. The lowest BCUT2D eigenvalue weighted by Gasteiger charge is -2.39. The Balaban J connectivity index is 0.000000325. The Hall–Kier alpha value is -2.85. The van der Waals surface area contributed by atoms with Gasteiger partial charge in [0.2, 0.25) is 0 Å². The Labute approximate surface area is 217 Å². The topological polar surface area (TPSA) is 151 Å². The molecule has 1 saturated heterocycles. The molecule has 1 fully saturated rings. The van der Waals surface area contributed by atoms with Crippen LogP contribution in [0.1, 0.15) is 60.6 Å². The van der Waals surface area contributed by atoms with Crippen molar-refractivity contribution in [2.24, 2.45) is 11.8 Å². The number of likely N-dealkylation sites (tertiary alicyclic amines) is 1. The van der Waals surface area contributed by atoms with E-state index in [4.69, 9.17) is 20.4 Å². The molecule has 37 heavy (non-hydrogen) atoms. The Morgan fingerprint density at radius 2 is 1.73 bits per heavy atom. The monoisotopic (exact) mass is 514 g/mol. The highest BCUT2D eigenvalue weighted by atomic mass is 16.4. The largest absolute Gasteiger partial charge is 0.479 e. The Morgan fingerprint density at radius 3 is 2.35 bits per heavy atom. The molecule has 2 aliphatic rings. The third kappa shape index (κ3) is 7.58. The summed E-state index contributed by atoms with van der Waals surface area (Å²) < 4.78 is 0. The second-order valence-corrected chi connectivity index (χ2v) is 10.3. The molecule has 0 bridgehead atoms. The predicted octanol–water partition coefficient (Wildman–Crippen LogP) is 2.38. The fraction of sp³-hybridized carbons (Fsp3) is 0.536. The van der Waals surface area contributed by atoms with E-state index in [0.29, 0.717) is 17.8 Å². The number of carboxylic acids is 2. The van der Waals surface area contributed by atoms with E-state index >= 15 is 0 Å². The number of aryl methyl sites for hydroxylation is 2. The number of pyridine rings is 1. The number of hydrogen-bond acceptors (Lipinski definition) is 7. The van der Waals surface area contributed by atoms with Gasteiger partial charge >= 0.3 is 11.9 Å². The highest BCUT2D eigenvalue weighted by molar-refractivity contribution is 5.83. The standard InChI is InChI=1S/C24H32N2O.C4H6O6/c1-17-6-3-4-8-21(17)22-11-13-26(15-18(22)2)16-19-9-10-20-7-5-12-25-24(20)23(27)14-19;5-1(3(7)8)2(6)4(9)10/h3-8,12,18-19,22-23,27H,9-11,13-16H2,1-2H3;1-2,5-6H,(H,7,8)(H,9,10)/t18?,19-,22?,23+;1-,2-/m11/s1. The molecule has 2 unspecified atom stereocenters. The molecule has 0 spiro atoms. The highest BCUT2D eigenvalue weighted by Gasteiger charge is 2.31. The predicted molar refractivity (Wildman–Crippen MR) is 137 cm³/mol. The fourth-order valence-corrected chi connectivity index (χ4v) is 5.53. The molecule has 2 aromatic rings. The molecule has 9 nitrogen and oxygen atoms in total. The second-order valence-electron chi connectivity index (χ2n) is 10.3. The van der Waals surface area contributed by atoms with Crippen LogP contribution >= 0.6 is 0 Å². The summed E-state index contributed by atoms with van der Waals surface area (Å²) in [7, 11) is 0. The first-order chi connectivity index (χ1) is 17.6. The SMILES string of the molecule is Cc1ccccc1C1CCN(C[C@@H]2CCc3cccnc3[C@@H](O)C2)CC1C.O=C(O)[C@H](O)[C@@H](O)C(=O)O. The molecular weight excluding hydrogens is 476 g/mol. The average molecular weight is 515 g/mol. The van der Waals surface area contributed by atoms with Gasteiger partial charge in [-0.15, -0.1) is 0 Å². The number of carbonyl (C=O) groups is 2. The summed E-state index contributed by atoms with van der Waals surface area (Å²) in [4.78, 5) is 26.6. The maximum absolute atomic E-state index is 10.6. The minimum atomic E-state index is -2.27. The van der Waals surface area contributed by atoms with Crippen LogP contribution < -0.4 is 0 Å². The molecule has 202 valence electrons. The van der Waals surface area contributed by atoms with Crippen molar-refractivity contribution < 1.29 is 35.1 Å². The summed E-state index contributed by atoms with van der Waals surface area (Å²) in [5.74, 6) is -1.63. The van der Waals surface area contributed by atoms with Crippen LogP contribution in [0.25, 0.3) is 0 Å². The number of aromatic nitrogens is 1. The van der Waals surface area contributed by atoms with Crippen molar-refractivity contribution in [3.05, 3.63) is 65.0 Å². The second kappa shape index (κ2) is 13.1. The van der Waals surface area contributed by atoms with Gasteiger partial charge < -0.3 is 30.4 Å². The zero-order valence-corrected chi connectivity index (χ0v) is 21.4. The normalized spacial score (nSPS) is 25.5. The quantitative estimate of drug-likeness (QED) is 0.366. The van der Waals surface area contributed by atoms with Crippen LogP contribution in [-0.4, -0.2) is 79.2 Å². The molecule has 1 aromatic heterocycles. The first kappa shape index (κ1) is 28.7. The summed E-state index contributed by atoms with van der Waals surface area (Å²) in [6.07, 6.45) is 1.15. The van der Waals surface area contributed by atoms with E-state index < -0.39 is 30.3 Å². The molecule has 1 aliphatic carbocycles. The molecule has 6 atom stereocenters. The fourth-order valence-electron chi connectivity index (χ4n) is 5.53. The molecule has 2 heterocycles. The highest BCUT2D eigenvalue weighted by Crippen LogP contribution is 2.36. The van der Waals surface area contributed by atoms with Crippen LogP contribution in [0.3, 0.4) is 0 Å². The number of aliphatic hydroxyl groups is 3. The van der Waals surface area contributed by atoms with Crippen LogP contribution in [0.15, 0.2) is 42.6 Å². The van der Waals surface area contributed by atoms with Crippen LogP contribution in [0.5, 0.6) is 0 Å².